The number of hydrogen-bond donors (Lipinski definition) is 1. The van der Waals surface area contributed by atoms with E-state index in [4.69, 9.17) is 0 Å². The third-order valence-corrected chi connectivity index (χ3v) is 4.15. The van der Waals surface area contributed by atoms with Gasteiger partial charge in [-0.15, -0.1) is 0 Å². The van der Waals surface area contributed by atoms with Crippen molar-refractivity contribution in [1.82, 2.24) is 5.32 Å². The zero-order chi connectivity index (χ0) is 14.4. The molecule has 2 rings (SSSR count). The van der Waals surface area contributed by atoms with Gasteiger partial charge in [0.1, 0.15) is 5.75 Å². The Bertz CT molecular complexity index is 386. The highest BCUT2D eigenvalue weighted by Crippen LogP contribution is 2.34. The summed E-state index contributed by atoms with van der Waals surface area (Å²) >= 11 is 0. The zero-order valence-electron chi connectivity index (χ0n) is 11.9. The molecular formula is C16H23F2NO. The van der Waals surface area contributed by atoms with Crippen LogP contribution < -0.4 is 10.1 Å². The molecule has 2 nitrogen and oxygen atoms in total. The molecule has 0 heterocycles. The molecule has 1 aliphatic carbocycles. The van der Waals surface area contributed by atoms with Gasteiger partial charge in [0.2, 0.25) is 0 Å². The van der Waals surface area contributed by atoms with Crippen molar-refractivity contribution in [2.45, 2.75) is 51.2 Å². The van der Waals surface area contributed by atoms with E-state index in [1.807, 2.05) is 19.2 Å². The van der Waals surface area contributed by atoms with Crippen LogP contribution in [0.25, 0.3) is 0 Å². The molecule has 0 aliphatic heterocycles. The van der Waals surface area contributed by atoms with Gasteiger partial charge >= 0.3 is 6.61 Å². The molecule has 4 heteroatoms. The van der Waals surface area contributed by atoms with Crippen LogP contribution in [0.2, 0.25) is 0 Å². The molecule has 0 aromatic heterocycles. The summed E-state index contributed by atoms with van der Waals surface area (Å²) < 4.78 is 28.7. The normalized spacial score (nSPS) is 18.8. The highest BCUT2D eigenvalue weighted by atomic mass is 19.3. The summed E-state index contributed by atoms with van der Waals surface area (Å²) in [6.07, 6.45) is 7.70. The second-order valence-electron chi connectivity index (χ2n) is 5.47. The van der Waals surface area contributed by atoms with Crippen molar-refractivity contribution in [2.75, 3.05) is 7.05 Å². The zero-order valence-corrected chi connectivity index (χ0v) is 11.9. The van der Waals surface area contributed by atoms with Crippen LogP contribution >= 0.6 is 0 Å². The van der Waals surface area contributed by atoms with Crippen molar-refractivity contribution in [3.63, 3.8) is 0 Å². The van der Waals surface area contributed by atoms with E-state index in [-0.39, 0.29) is 5.75 Å². The second kappa shape index (κ2) is 7.58. The Hall–Kier alpha value is -1.16. The van der Waals surface area contributed by atoms with Gasteiger partial charge in [-0.1, -0.05) is 37.8 Å². The number of alkyl halides is 2. The standard InChI is InChI=1S/C16H23F2NO/c1-19-15(12-6-4-2-3-5-7-12)13-8-10-14(11-9-13)20-16(17)18/h8-12,15-16,19H,2-7H2,1H3. The predicted molar refractivity (Wildman–Crippen MR) is 76.1 cm³/mol. The SMILES string of the molecule is CNC(c1ccc(OC(F)F)cc1)C1CCCCCC1. The van der Waals surface area contributed by atoms with Crippen LogP contribution in [0.5, 0.6) is 5.75 Å². The minimum absolute atomic E-state index is 0.222. The molecule has 0 amide bonds. The van der Waals surface area contributed by atoms with Crippen molar-refractivity contribution in [2.24, 2.45) is 5.92 Å². The van der Waals surface area contributed by atoms with Crippen LogP contribution in [0.15, 0.2) is 24.3 Å². The van der Waals surface area contributed by atoms with E-state index in [9.17, 15) is 8.78 Å². The summed E-state index contributed by atoms with van der Waals surface area (Å²) in [6.45, 7) is -2.76. The fourth-order valence-corrected chi connectivity index (χ4v) is 3.18. The average molecular weight is 283 g/mol. The molecule has 0 radical (unpaired) electrons. The molecule has 1 aliphatic rings. The summed E-state index contributed by atoms with van der Waals surface area (Å²) in [5.74, 6) is 0.851. The van der Waals surface area contributed by atoms with Crippen LogP contribution in [-0.2, 0) is 0 Å². The Labute approximate surface area is 119 Å². The van der Waals surface area contributed by atoms with Crippen molar-refractivity contribution >= 4 is 0 Å². The largest absolute Gasteiger partial charge is 0.435 e. The van der Waals surface area contributed by atoms with Crippen LogP contribution in [-0.4, -0.2) is 13.7 Å². The monoisotopic (exact) mass is 283 g/mol. The van der Waals surface area contributed by atoms with Crippen LogP contribution in [0, 0.1) is 5.92 Å². The number of ether oxygens (including phenoxy) is 1. The minimum Gasteiger partial charge on any atom is -0.435 e. The molecule has 1 aromatic carbocycles. The molecule has 0 spiro atoms. The number of benzene rings is 1. The lowest BCUT2D eigenvalue weighted by atomic mass is 9.87. The first kappa shape index (κ1) is 15.2. The van der Waals surface area contributed by atoms with E-state index in [0.29, 0.717) is 12.0 Å². The van der Waals surface area contributed by atoms with E-state index >= 15 is 0 Å². The molecule has 1 atom stereocenters. The maximum Gasteiger partial charge on any atom is 0.387 e. The van der Waals surface area contributed by atoms with Gasteiger partial charge in [0, 0.05) is 6.04 Å². The Morgan fingerprint density at radius 2 is 1.65 bits per heavy atom. The first-order valence-electron chi connectivity index (χ1n) is 7.42. The summed E-state index contributed by atoms with van der Waals surface area (Å²) in [4.78, 5) is 0. The average Bonchev–Trinajstić information content (AvgIpc) is 2.70. The van der Waals surface area contributed by atoms with Crippen molar-refractivity contribution in [3.05, 3.63) is 29.8 Å². The van der Waals surface area contributed by atoms with E-state index in [1.54, 1.807) is 12.1 Å². The molecule has 1 aromatic rings. The molecule has 0 bridgehead atoms. The lowest BCUT2D eigenvalue weighted by molar-refractivity contribution is -0.0498. The van der Waals surface area contributed by atoms with Gasteiger partial charge < -0.3 is 10.1 Å². The highest BCUT2D eigenvalue weighted by molar-refractivity contribution is 5.29. The quantitative estimate of drug-likeness (QED) is 0.802. The van der Waals surface area contributed by atoms with Crippen molar-refractivity contribution in [3.8, 4) is 5.75 Å². The summed E-state index contributed by atoms with van der Waals surface area (Å²) in [6, 6.07) is 7.34. The number of halogens is 2. The van der Waals surface area contributed by atoms with E-state index in [2.05, 4.69) is 10.1 Å². The van der Waals surface area contributed by atoms with Gasteiger partial charge in [0.15, 0.2) is 0 Å². The molecule has 1 saturated carbocycles. The molecule has 20 heavy (non-hydrogen) atoms. The number of hydrogen-bond acceptors (Lipinski definition) is 2. The topological polar surface area (TPSA) is 21.3 Å². The van der Waals surface area contributed by atoms with Crippen LogP contribution in [0.1, 0.15) is 50.1 Å². The lowest BCUT2D eigenvalue weighted by Gasteiger charge is -2.26. The summed E-state index contributed by atoms with van der Waals surface area (Å²) in [5, 5.41) is 3.39. The van der Waals surface area contributed by atoms with Crippen LogP contribution in [0.3, 0.4) is 0 Å². The summed E-state index contributed by atoms with van der Waals surface area (Å²) in [5.41, 5.74) is 1.15. The smallest absolute Gasteiger partial charge is 0.387 e. The fraction of sp³-hybridized carbons (Fsp3) is 0.625. The van der Waals surface area contributed by atoms with Gasteiger partial charge in [-0.05, 0) is 43.5 Å². The highest BCUT2D eigenvalue weighted by Gasteiger charge is 2.22. The molecule has 1 N–H and O–H groups in total. The molecule has 112 valence electrons. The minimum atomic E-state index is -2.76. The Kier molecular flexibility index (Phi) is 5.77. The van der Waals surface area contributed by atoms with E-state index in [0.717, 1.165) is 5.56 Å². The Morgan fingerprint density at radius 1 is 1.05 bits per heavy atom. The van der Waals surface area contributed by atoms with Gasteiger partial charge in [-0.25, -0.2) is 0 Å². The third-order valence-electron chi connectivity index (χ3n) is 4.15. The maximum atomic E-state index is 12.1. The predicted octanol–water partition coefficient (Wildman–Crippen LogP) is 4.52. The van der Waals surface area contributed by atoms with Crippen molar-refractivity contribution < 1.29 is 13.5 Å². The molecule has 0 saturated heterocycles. The van der Waals surface area contributed by atoms with Gasteiger partial charge in [-0.2, -0.15) is 8.78 Å². The Morgan fingerprint density at radius 3 is 2.15 bits per heavy atom. The maximum absolute atomic E-state index is 12.1. The first-order chi connectivity index (χ1) is 9.70. The second-order valence-corrected chi connectivity index (χ2v) is 5.47. The number of rotatable bonds is 5. The molecule has 1 fully saturated rings. The van der Waals surface area contributed by atoms with Gasteiger partial charge in [0.25, 0.3) is 0 Å². The van der Waals surface area contributed by atoms with E-state index in [1.165, 1.54) is 38.5 Å². The Balaban J connectivity index is 2.06. The molecule has 1 unspecified atom stereocenters. The van der Waals surface area contributed by atoms with E-state index < -0.39 is 6.61 Å². The van der Waals surface area contributed by atoms with Gasteiger partial charge in [-0.3, -0.25) is 0 Å². The third kappa shape index (κ3) is 4.17. The molecular weight excluding hydrogens is 260 g/mol. The van der Waals surface area contributed by atoms with Crippen LogP contribution in [0.4, 0.5) is 8.78 Å². The fourth-order valence-electron chi connectivity index (χ4n) is 3.18. The number of nitrogens with one attached hydrogen (secondary N) is 1. The first-order valence-corrected chi connectivity index (χ1v) is 7.42. The van der Waals surface area contributed by atoms with Crippen molar-refractivity contribution in [1.29, 1.82) is 0 Å². The lowest BCUT2D eigenvalue weighted by Crippen LogP contribution is -2.25. The van der Waals surface area contributed by atoms with Gasteiger partial charge in [0.05, 0.1) is 0 Å². The summed E-state index contributed by atoms with van der Waals surface area (Å²) in [7, 11) is 1.97.